The summed E-state index contributed by atoms with van der Waals surface area (Å²) >= 11 is 0. The minimum atomic E-state index is 0.0456. The highest BCUT2D eigenvalue weighted by Gasteiger charge is 2.24. The number of hydrogen-bond acceptors (Lipinski definition) is 3. The predicted octanol–water partition coefficient (Wildman–Crippen LogP) is 1.58. The Morgan fingerprint density at radius 3 is 2.59 bits per heavy atom. The minimum Gasteiger partial charge on any atom is -0.396 e. The first-order valence-corrected chi connectivity index (χ1v) is 6.46. The molecule has 4 nitrogen and oxygen atoms in total. The molecule has 0 aliphatic carbocycles. The Balaban J connectivity index is 2.30. The van der Waals surface area contributed by atoms with Crippen LogP contribution in [0.15, 0.2) is 12.4 Å². The quantitative estimate of drug-likeness (QED) is 0.677. The van der Waals surface area contributed by atoms with E-state index >= 15 is 0 Å². The summed E-state index contributed by atoms with van der Waals surface area (Å²) in [6.07, 6.45) is 5.84. The Labute approximate surface area is 104 Å². The topological polar surface area (TPSA) is 50.1 Å². The van der Waals surface area contributed by atoms with Crippen LogP contribution in [0.1, 0.15) is 32.5 Å². The fourth-order valence-corrected chi connectivity index (χ4v) is 1.97. The van der Waals surface area contributed by atoms with E-state index in [0.717, 1.165) is 38.3 Å². The average Bonchev–Trinajstić information content (AvgIpc) is 2.76. The first-order chi connectivity index (χ1) is 8.17. The van der Waals surface area contributed by atoms with Gasteiger partial charge in [-0.15, -0.1) is 0 Å². The molecule has 0 aliphatic rings. The van der Waals surface area contributed by atoms with E-state index in [9.17, 15) is 5.11 Å². The summed E-state index contributed by atoms with van der Waals surface area (Å²) in [6, 6.07) is 0. The Hall–Kier alpha value is -0.870. The summed E-state index contributed by atoms with van der Waals surface area (Å²) in [6.45, 7) is 9.28. The van der Waals surface area contributed by atoms with E-state index in [4.69, 9.17) is 0 Å². The molecule has 1 rings (SSSR count). The van der Waals surface area contributed by atoms with Gasteiger partial charge in [0.15, 0.2) is 0 Å². The minimum absolute atomic E-state index is 0.0456. The summed E-state index contributed by atoms with van der Waals surface area (Å²) in [5.41, 5.74) is 0.0456. The maximum atomic E-state index is 9.45. The molecule has 0 amide bonds. The van der Waals surface area contributed by atoms with Gasteiger partial charge < -0.3 is 15.0 Å². The molecule has 0 aliphatic heterocycles. The lowest BCUT2D eigenvalue weighted by Crippen LogP contribution is -2.37. The number of nitrogens with one attached hydrogen (secondary N) is 1. The lowest BCUT2D eigenvalue weighted by atomic mass is 9.83. The molecule has 0 radical (unpaired) electrons. The first-order valence-electron chi connectivity index (χ1n) is 6.46. The van der Waals surface area contributed by atoms with Gasteiger partial charge in [0.25, 0.3) is 0 Å². The van der Waals surface area contributed by atoms with Gasteiger partial charge in [-0.2, -0.15) is 0 Å². The maximum absolute atomic E-state index is 9.45. The van der Waals surface area contributed by atoms with Crippen molar-refractivity contribution in [1.82, 2.24) is 14.9 Å². The number of aliphatic hydroxyl groups is 1. The largest absolute Gasteiger partial charge is 0.396 e. The zero-order chi connectivity index (χ0) is 12.7. The molecule has 0 saturated carbocycles. The van der Waals surface area contributed by atoms with Crippen LogP contribution in [0, 0.1) is 12.3 Å². The van der Waals surface area contributed by atoms with Crippen LogP contribution in [-0.4, -0.2) is 34.4 Å². The number of aromatic nitrogens is 2. The molecular formula is C13H25N3O. The van der Waals surface area contributed by atoms with Crippen molar-refractivity contribution in [2.45, 2.75) is 40.2 Å². The molecule has 1 aromatic heterocycles. The predicted molar refractivity (Wildman–Crippen MR) is 69.9 cm³/mol. The standard InChI is InChI=1S/C13H25N3O/c1-4-13(5-2,11-17)10-14-6-8-16-9-7-15-12(16)3/h7,9,14,17H,4-6,8,10-11H2,1-3H3. The number of hydrogen-bond donors (Lipinski definition) is 2. The first kappa shape index (κ1) is 14.2. The number of imidazole rings is 1. The molecule has 0 aromatic carbocycles. The summed E-state index contributed by atoms with van der Waals surface area (Å²) in [5.74, 6) is 1.05. The Kier molecular flexibility index (Phi) is 5.65. The van der Waals surface area contributed by atoms with Crippen LogP contribution in [0.4, 0.5) is 0 Å². The van der Waals surface area contributed by atoms with Crippen LogP contribution in [0.5, 0.6) is 0 Å². The normalized spacial score (nSPS) is 12.0. The third-order valence-corrected chi connectivity index (χ3v) is 3.79. The average molecular weight is 239 g/mol. The van der Waals surface area contributed by atoms with E-state index in [1.807, 2.05) is 19.3 Å². The van der Waals surface area contributed by atoms with Gasteiger partial charge in [0.2, 0.25) is 0 Å². The molecule has 0 atom stereocenters. The van der Waals surface area contributed by atoms with Crippen LogP contribution in [0.3, 0.4) is 0 Å². The molecule has 0 bridgehead atoms. The SMILES string of the molecule is CCC(CC)(CO)CNCCn1ccnc1C. The molecule has 0 spiro atoms. The van der Waals surface area contributed by atoms with Gasteiger partial charge in [-0.3, -0.25) is 0 Å². The third-order valence-electron chi connectivity index (χ3n) is 3.79. The second kappa shape index (κ2) is 6.77. The fraction of sp³-hybridized carbons (Fsp3) is 0.769. The van der Waals surface area contributed by atoms with Gasteiger partial charge in [-0.05, 0) is 19.8 Å². The summed E-state index contributed by atoms with van der Waals surface area (Å²) in [4.78, 5) is 4.19. The van der Waals surface area contributed by atoms with Crippen molar-refractivity contribution in [1.29, 1.82) is 0 Å². The van der Waals surface area contributed by atoms with Crippen LogP contribution < -0.4 is 5.32 Å². The zero-order valence-electron chi connectivity index (χ0n) is 11.2. The summed E-state index contributed by atoms with van der Waals surface area (Å²) in [7, 11) is 0. The molecule has 1 heterocycles. The second-order valence-corrected chi connectivity index (χ2v) is 4.71. The van der Waals surface area contributed by atoms with Gasteiger partial charge in [-0.25, -0.2) is 4.98 Å². The van der Waals surface area contributed by atoms with Crippen LogP contribution in [-0.2, 0) is 6.54 Å². The van der Waals surface area contributed by atoms with Crippen molar-refractivity contribution in [3.8, 4) is 0 Å². The maximum Gasteiger partial charge on any atom is 0.105 e. The van der Waals surface area contributed by atoms with Crippen molar-refractivity contribution in [3.63, 3.8) is 0 Å². The van der Waals surface area contributed by atoms with E-state index in [0.29, 0.717) is 0 Å². The molecule has 4 heteroatoms. The molecule has 17 heavy (non-hydrogen) atoms. The lowest BCUT2D eigenvalue weighted by Gasteiger charge is -2.29. The van der Waals surface area contributed by atoms with E-state index < -0.39 is 0 Å². The summed E-state index contributed by atoms with van der Waals surface area (Å²) in [5, 5.41) is 12.9. The van der Waals surface area contributed by atoms with E-state index in [-0.39, 0.29) is 12.0 Å². The molecular weight excluding hydrogens is 214 g/mol. The number of aliphatic hydroxyl groups excluding tert-OH is 1. The van der Waals surface area contributed by atoms with Gasteiger partial charge in [0.1, 0.15) is 5.82 Å². The molecule has 98 valence electrons. The summed E-state index contributed by atoms with van der Waals surface area (Å²) < 4.78 is 2.13. The van der Waals surface area contributed by atoms with Crippen LogP contribution in [0.2, 0.25) is 0 Å². The van der Waals surface area contributed by atoms with Crippen LogP contribution >= 0.6 is 0 Å². The fourth-order valence-electron chi connectivity index (χ4n) is 1.97. The van der Waals surface area contributed by atoms with Crippen molar-refractivity contribution in [2.24, 2.45) is 5.41 Å². The smallest absolute Gasteiger partial charge is 0.105 e. The van der Waals surface area contributed by atoms with E-state index in [1.165, 1.54) is 0 Å². The highest BCUT2D eigenvalue weighted by molar-refractivity contribution is 4.88. The van der Waals surface area contributed by atoms with E-state index in [2.05, 4.69) is 28.7 Å². The van der Waals surface area contributed by atoms with Gasteiger partial charge >= 0.3 is 0 Å². The van der Waals surface area contributed by atoms with Gasteiger partial charge in [-0.1, -0.05) is 13.8 Å². The molecule has 0 unspecified atom stereocenters. The molecule has 1 aromatic rings. The highest BCUT2D eigenvalue weighted by atomic mass is 16.3. The Morgan fingerprint density at radius 2 is 2.12 bits per heavy atom. The van der Waals surface area contributed by atoms with Gasteiger partial charge in [0, 0.05) is 44.0 Å². The number of rotatable bonds is 8. The lowest BCUT2D eigenvalue weighted by molar-refractivity contribution is 0.113. The highest BCUT2D eigenvalue weighted by Crippen LogP contribution is 2.24. The van der Waals surface area contributed by atoms with Gasteiger partial charge in [0.05, 0.1) is 0 Å². The zero-order valence-corrected chi connectivity index (χ0v) is 11.2. The van der Waals surface area contributed by atoms with Crippen molar-refractivity contribution in [3.05, 3.63) is 18.2 Å². The Morgan fingerprint density at radius 1 is 1.41 bits per heavy atom. The molecule has 0 fully saturated rings. The Bertz CT molecular complexity index is 310. The third kappa shape index (κ3) is 3.82. The number of aryl methyl sites for hydroxylation is 1. The van der Waals surface area contributed by atoms with Crippen molar-refractivity contribution in [2.75, 3.05) is 19.7 Å². The molecule has 2 N–H and O–H groups in total. The van der Waals surface area contributed by atoms with E-state index in [1.54, 1.807) is 0 Å². The van der Waals surface area contributed by atoms with Crippen molar-refractivity contribution < 1.29 is 5.11 Å². The second-order valence-electron chi connectivity index (χ2n) is 4.71. The monoisotopic (exact) mass is 239 g/mol. The van der Waals surface area contributed by atoms with Crippen LogP contribution in [0.25, 0.3) is 0 Å². The van der Waals surface area contributed by atoms with Crippen molar-refractivity contribution >= 4 is 0 Å². The molecule has 0 saturated heterocycles. The number of nitrogens with zero attached hydrogens (tertiary/aromatic N) is 2.